The molecule has 0 aliphatic heterocycles. The largest absolute Gasteiger partial charge is 0.497 e. The number of fused-ring (bicyclic) bond motifs is 1. The molecule has 0 bridgehead atoms. The summed E-state index contributed by atoms with van der Waals surface area (Å²) in [6.45, 7) is 0.0125. The first-order valence-corrected chi connectivity index (χ1v) is 9.32. The number of amides is 1. The van der Waals surface area contributed by atoms with Gasteiger partial charge in [0.15, 0.2) is 6.61 Å². The third-order valence-corrected chi connectivity index (χ3v) is 4.32. The maximum atomic E-state index is 12.0. The molecule has 1 amide bonds. The Kier molecular flexibility index (Phi) is 6.74. The van der Waals surface area contributed by atoms with Crippen LogP contribution in [0.15, 0.2) is 42.5 Å². The van der Waals surface area contributed by atoms with Crippen molar-refractivity contribution in [3.05, 3.63) is 42.5 Å². The van der Waals surface area contributed by atoms with Gasteiger partial charge in [0.1, 0.15) is 22.5 Å². The minimum Gasteiger partial charge on any atom is -0.497 e. The molecule has 1 heterocycles. The van der Waals surface area contributed by atoms with Gasteiger partial charge >= 0.3 is 5.97 Å². The minimum atomic E-state index is -0.456. The first-order valence-electron chi connectivity index (χ1n) is 8.59. The molecule has 1 N–H and O–H groups in total. The van der Waals surface area contributed by atoms with Crippen LogP contribution in [0.1, 0.15) is 12.8 Å². The van der Waals surface area contributed by atoms with E-state index in [1.807, 2.05) is 6.07 Å². The average molecular weight is 401 g/mol. The quantitative estimate of drug-likeness (QED) is 0.434. The Hall–Kier alpha value is -3.20. The minimum absolute atomic E-state index is 0.162. The van der Waals surface area contributed by atoms with Crippen molar-refractivity contribution in [2.45, 2.75) is 12.8 Å². The number of benzene rings is 2. The van der Waals surface area contributed by atoms with Gasteiger partial charge in [-0.2, -0.15) is 8.75 Å². The Morgan fingerprint density at radius 3 is 2.64 bits per heavy atom. The van der Waals surface area contributed by atoms with Gasteiger partial charge in [-0.05, 0) is 42.8 Å². The lowest BCUT2D eigenvalue weighted by Crippen LogP contribution is -2.21. The van der Waals surface area contributed by atoms with Crippen molar-refractivity contribution in [1.29, 1.82) is 0 Å². The lowest BCUT2D eigenvalue weighted by Gasteiger charge is -2.08. The molecule has 9 heteroatoms. The summed E-state index contributed by atoms with van der Waals surface area (Å²) in [4.78, 5) is 23.8. The zero-order chi connectivity index (χ0) is 19.8. The van der Waals surface area contributed by atoms with Crippen molar-refractivity contribution in [2.24, 2.45) is 0 Å². The molecule has 146 valence electrons. The number of nitrogens with zero attached hydrogens (tertiary/aromatic N) is 2. The highest BCUT2D eigenvalue weighted by atomic mass is 32.1. The van der Waals surface area contributed by atoms with Crippen LogP contribution in [0.3, 0.4) is 0 Å². The summed E-state index contributed by atoms with van der Waals surface area (Å²) in [6.07, 6.45) is 0.644. The van der Waals surface area contributed by atoms with E-state index in [1.165, 1.54) is 0 Å². The van der Waals surface area contributed by atoms with Gasteiger partial charge in [-0.1, -0.05) is 6.07 Å². The molecule has 0 unspecified atom stereocenters. The van der Waals surface area contributed by atoms with Gasteiger partial charge in [0.2, 0.25) is 0 Å². The Morgan fingerprint density at radius 1 is 1.07 bits per heavy atom. The second kappa shape index (κ2) is 9.65. The van der Waals surface area contributed by atoms with Crippen molar-refractivity contribution in [3.63, 3.8) is 0 Å². The van der Waals surface area contributed by atoms with Crippen LogP contribution < -0.4 is 14.8 Å². The number of aromatic nitrogens is 2. The molecule has 0 aliphatic carbocycles. The number of esters is 1. The molecular weight excluding hydrogens is 382 g/mol. The number of hydrogen-bond donors (Lipinski definition) is 1. The molecule has 0 fully saturated rings. The van der Waals surface area contributed by atoms with E-state index in [9.17, 15) is 9.59 Å². The summed E-state index contributed by atoms with van der Waals surface area (Å²) in [7, 11) is 1.60. The molecular formula is C19H19N3O5S. The molecule has 0 saturated carbocycles. The molecule has 0 aliphatic rings. The Labute approximate surface area is 165 Å². The zero-order valence-electron chi connectivity index (χ0n) is 15.2. The molecule has 0 spiro atoms. The number of methoxy groups -OCH3 is 1. The topological polar surface area (TPSA) is 99.6 Å². The van der Waals surface area contributed by atoms with Crippen molar-refractivity contribution >= 4 is 40.3 Å². The fourth-order valence-electron chi connectivity index (χ4n) is 2.39. The SMILES string of the molecule is COc1ccc(OCCCC(=O)OCC(=O)Nc2cccc3nsnc23)cc1. The summed E-state index contributed by atoms with van der Waals surface area (Å²) in [5.74, 6) is 0.557. The highest BCUT2D eigenvalue weighted by Crippen LogP contribution is 2.21. The van der Waals surface area contributed by atoms with E-state index in [0.29, 0.717) is 35.5 Å². The second-order valence-corrected chi connectivity index (χ2v) is 6.30. The fraction of sp³-hybridized carbons (Fsp3) is 0.263. The summed E-state index contributed by atoms with van der Waals surface area (Å²) in [5.41, 5.74) is 1.86. The summed E-state index contributed by atoms with van der Waals surface area (Å²) in [5, 5.41) is 2.68. The van der Waals surface area contributed by atoms with Crippen LogP contribution in [-0.4, -0.2) is 40.9 Å². The fourth-order valence-corrected chi connectivity index (χ4v) is 2.94. The monoisotopic (exact) mass is 401 g/mol. The van der Waals surface area contributed by atoms with Gasteiger partial charge in [0, 0.05) is 6.42 Å². The predicted octanol–water partition coefficient (Wildman–Crippen LogP) is 3.04. The Balaban J connectivity index is 1.34. The van der Waals surface area contributed by atoms with Crippen LogP contribution in [0.5, 0.6) is 11.5 Å². The van der Waals surface area contributed by atoms with Crippen LogP contribution in [0.2, 0.25) is 0 Å². The van der Waals surface area contributed by atoms with E-state index in [1.54, 1.807) is 43.5 Å². The van der Waals surface area contributed by atoms with Crippen molar-refractivity contribution in [1.82, 2.24) is 8.75 Å². The first-order chi connectivity index (χ1) is 13.7. The number of carbonyl (C=O) groups excluding carboxylic acids is 2. The number of rotatable bonds is 9. The molecule has 28 heavy (non-hydrogen) atoms. The third kappa shape index (κ3) is 5.40. The third-order valence-electron chi connectivity index (χ3n) is 3.78. The maximum Gasteiger partial charge on any atom is 0.306 e. The number of anilines is 1. The van der Waals surface area contributed by atoms with Gasteiger partial charge < -0.3 is 19.5 Å². The van der Waals surface area contributed by atoms with E-state index in [-0.39, 0.29) is 13.0 Å². The highest BCUT2D eigenvalue weighted by Gasteiger charge is 2.11. The summed E-state index contributed by atoms with van der Waals surface area (Å²) < 4.78 is 23.9. The van der Waals surface area contributed by atoms with Crippen LogP contribution in [-0.2, 0) is 14.3 Å². The van der Waals surface area contributed by atoms with Gasteiger partial charge in [-0.25, -0.2) is 0 Å². The van der Waals surface area contributed by atoms with Gasteiger partial charge in [0.05, 0.1) is 31.1 Å². The zero-order valence-corrected chi connectivity index (χ0v) is 16.0. The standard InChI is InChI=1S/C19H19N3O5S/c1-25-13-7-9-14(10-8-13)26-11-3-6-18(24)27-12-17(23)20-15-4-2-5-16-19(15)22-28-21-16/h2,4-5,7-10H,3,6,11-12H2,1H3,(H,20,23). The van der Waals surface area contributed by atoms with Gasteiger partial charge in [-0.15, -0.1) is 0 Å². The van der Waals surface area contributed by atoms with Crippen LogP contribution >= 0.6 is 11.7 Å². The lowest BCUT2D eigenvalue weighted by molar-refractivity contribution is -0.147. The molecule has 0 radical (unpaired) electrons. The number of hydrogen-bond acceptors (Lipinski definition) is 8. The summed E-state index contributed by atoms with van der Waals surface area (Å²) in [6, 6.07) is 12.5. The Morgan fingerprint density at radius 2 is 1.86 bits per heavy atom. The number of ether oxygens (including phenoxy) is 3. The molecule has 3 aromatic rings. The number of carbonyl (C=O) groups is 2. The van der Waals surface area contributed by atoms with Crippen molar-refractivity contribution < 1.29 is 23.8 Å². The molecule has 8 nitrogen and oxygen atoms in total. The van der Waals surface area contributed by atoms with E-state index in [0.717, 1.165) is 17.5 Å². The molecule has 0 saturated heterocycles. The van der Waals surface area contributed by atoms with E-state index < -0.39 is 11.9 Å². The van der Waals surface area contributed by atoms with Gasteiger partial charge in [-0.3, -0.25) is 9.59 Å². The second-order valence-electron chi connectivity index (χ2n) is 5.77. The molecule has 1 aromatic heterocycles. The first kappa shape index (κ1) is 19.6. The smallest absolute Gasteiger partial charge is 0.306 e. The van der Waals surface area contributed by atoms with E-state index in [2.05, 4.69) is 14.1 Å². The van der Waals surface area contributed by atoms with E-state index in [4.69, 9.17) is 14.2 Å². The molecule has 0 atom stereocenters. The average Bonchev–Trinajstić information content (AvgIpc) is 3.20. The van der Waals surface area contributed by atoms with Gasteiger partial charge in [0.25, 0.3) is 5.91 Å². The number of nitrogens with one attached hydrogen (secondary N) is 1. The Bertz CT molecular complexity index is 942. The summed E-state index contributed by atoms with van der Waals surface area (Å²) >= 11 is 1.07. The van der Waals surface area contributed by atoms with Crippen LogP contribution in [0.25, 0.3) is 11.0 Å². The maximum absolute atomic E-state index is 12.0. The highest BCUT2D eigenvalue weighted by molar-refractivity contribution is 7.00. The predicted molar refractivity (Wildman–Crippen MR) is 105 cm³/mol. The van der Waals surface area contributed by atoms with Crippen molar-refractivity contribution in [3.8, 4) is 11.5 Å². The van der Waals surface area contributed by atoms with E-state index >= 15 is 0 Å². The lowest BCUT2D eigenvalue weighted by atomic mass is 10.2. The molecule has 3 rings (SSSR count). The normalized spacial score (nSPS) is 10.5. The van der Waals surface area contributed by atoms with Crippen LogP contribution in [0.4, 0.5) is 5.69 Å². The van der Waals surface area contributed by atoms with Crippen molar-refractivity contribution in [2.75, 3.05) is 25.6 Å². The van der Waals surface area contributed by atoms with Crippen LogP contribution in [0, 0.1) is 0 Å². The molecule has 2 aromatic carbocycles.